The van der Waals surface area contributed by atoms with Gasteiger partial charge < -0.3 is 4.84 Å². The van der Waals surface area contributed by atoms with Crippen molar-refractivity contribution in [1.29, 1.82) is 0 Å². The number of hydrogen-bond acceptors (Lipinski definition) is 2. The average Bonchev–Trinajstić information content (AvgIpc) is 2.52. The predicted molar refractivity (Wildman–Crippen MR) is 82.3 cm³/mol. The molecule has 2 nitrogen and oxygen atoms in total. The minimum Gasteiger partial charge on any atom is -0.374 e. The standard InChI is InChI=1S/C18H15NO/c1-2-15-19-20-18(17-11-7-4-8-12-17)14-13-16-9-5-3-6-10-16/h2-12,15,18H,1H2/b19-15+. The highest BCUT2D eigenvalue weighted by atomic mass is 16.6. The summed E-state index contributed by atoms with van der Waals surface area (Å²) in [6.07, 6.45) is 2.67. The first-order valence-electron chi connectivity index (χ1n) is 6.32. The molecule has 0 aliphatic heterocycles. The van der Waals surface area contributed by atoms with Crippen molar-refractivity contribution in [2.24, 2.45) is 5.16 Å². The van der Waals surface area contributed by atoms with Crippen LogP contribution in [0.5, 0.6) is 0 Å². The molecule has 0 heterocycles. The smallest absolute Gasteiger partial charge is 0.213 e. The molecular formula is C18H15NO. The summed E-state index contributed by atoms with van der Waals surface area (Å²) < 4.78 is 0. The van der Waals surface area contributed by atoms with E-state index in [9.17, 15) is 0 Å². The van der Waals surface area contributed by atoms with Crippen LogP contribution in [0, 0.1) is 11.8 Å². The third-order valence-electron chi connectivity index (χ3n) is 2.56. The van der Waals surface area contributed by atoms with Crippen LogP contribution < -0.4 is 0 Å². The second-order valence-corrected chi connectivity index (χ2v) is 4.02. The average molecular weight is 261 g/mol. The molecule has 2 heteroatoms. The van der Waals surface area contributed by atoms with Crippen LogP contribution in [0.4, 0.5) is 0 Å². The van der Waals surface area contributed by atoms with Crippen LogP contribution in [0.15, 0.2) is 78.5 Å². The van der Waals surface area contributed by atoms with Gasteiger partial charge in [-0.3, -0.25) is 0 Å². The van der Waals surface area contributed by atoms with E-state index in [0.29, 0.717) is 0 Å². The van der Waals surface area contributed by atoms with Gasteiger partial charge in [0.1, 0.15) is 0 Å². The number of nitrogens with zero attached hydrogens (tertiary/aromatic N) is 1. The Morgan fingerprint density at radius 3 is 2.30 bits per heavy atom. The van der Waals surface area contributed by atoms with Crippen LogP contribution in [0.2, 0.25) is 0 Å². The van der Waals surface area contributed by atoms with E-state index in [4.69, 9.17) is 4.84 Å². The maximum atomic E-state index is 5.41. The van der Waals surface area contributed by atoms with Crippen LogP contribution in [0.3, 0.4) is 0 Å². The van der Waals surface area contributed by atoms with Gasteiger partial charge in [0, 0.05) is 11.1 Å². The summed E-state index contributed by atoms with van der Waals surface area (Å²) in [6.45, 7) is 3.56. The molecule has 2 rings (SSSR count). The monoisotopic (exact) mass is 261 g/mol. The minimum atomic E-state index is -0.396. The molecule has 0 aliphatic rings. The lowest BCUT2D eigenvalue weighted by Gasteiger charge is -2.08. The third-order valence-corrected chi connectivity index (χ3v) is 2.56. The molecule has 0 amide bonds. The second-order valence-electron chi connectivity index (χ2n) is 4.02. The summed E-state index contributed by atoms with van der Waals surface area (Å²) in [4.78, 5) is 5.41. The third kappa shape index (κ3) is 4.15. The predicted octanol–water partition coefficient (Wildman–Crippen LogP) is 3.97. The van der Waals surface area contributed by atoms with Gasteiger partial charge in [-0.1, -0.05) is 66.2 Å². The molecule has 0 aliphatic carbocycles. The molecular weight excluding hydrogens is 246 g/mol. The van der Waals surface area contributed by atoms with Crippen LogP contribution in [0.25, 0.3) is 0 Å². The number of benzene rings is 2. The maximum absolute atomic E-state index is 5.41. The van der Waals surface area contributed by atoms with Crippen molar-refractivity contribution in [1.82, 2.24) is 0 Å². The number of hydrogen-bond donors (Lipinski definition) is 0. The van der Waals surface area contributed by atoms with Crippen molar-refractivity contribution in [2.45, 2.75) is 6.10 Å². The molecule has 0 saturated carbocycles. The van der Waals surface area contributed by atoms with Gasteiger partial charge >= 0.3 is 0 Å². The maximum Gasteiger partial charge on any atom is 0.213 e. The van der Waals surface area contributed by atoms with E-state index in [0.717, 1.165) is 11.1 Å². The molecule has 2 aromatic rings. The van der Waals surface area contributed by atoms with E-state index in [1.54, 1.807) is 6.08 Å². The van der Waals surface area contributed by atoms with E-state index >= 15 is 0 Å². The molecule has 0 aromatic heterocycles. The van der Waals surface area contributed by atoms with Crippen molar-refractivity contribution in [3.05, 3.63) is 84.4 Å². The topological polar surface area (TPSA) is 21.6 Å². The summed E-state index contributed by atoms with van der Waals surface area (Å²) in [5.41, 5.74) is 1.92. The summed E-state index contributed by atoms with van der Waals surface area (Å²) >= 11 is 0. The van der Waals surface area contributed by atoms with Crippen LogP contribution in [0.1, 0.15) is 17.2 Å². The first kappa shape index (κ1) is 13.6. The molecule has 98 valence electrons. The Morgan fingerprint density at radius 1 is 1.00 bits per heavy atom. The minimum absolute atomic E-state index is 0.396. The van der Waals surface area contributed by atoms with Crippen molar-refractivity contribution in [3.63, 3.8) is 0 Å². The molecule has 20 heavy (non-hydrogen) atoms. The van der Waals surface area contributed by atoms with E-state index in [2.05, 4.69) is 23.6 Å². The Hall–Kier alpha value is -2.79. The van der Waals surface area contributed by atoms with Gasteiger partial charge in [-0.25, -0.2) is 0 Å². The van der Waals surface area contributed by atoms with Gasteiger partial charge in [0.05, 0.1) is 6.21 Å². The number of allylic oxidation sites excluding steroid dienone is 1. The lowest BCUT2D eigenvalue weighted by atomic mass is 10.1. The fourth-order valence-electron chi connectivity index (χ4n) is 1.61. The van der Waals surface area contributed by atoms with Crippen molar-refractivity contribution < 1.29 is 4.84 Å². The van der Waals surface area contributed by atoms with Crippen molar-refractivity contribution >= 4 is 6.21 Å². The number of rotatable bonds is 4. The molecule has 2 aromatic carbocycles. The summed E-state index contributed by atoms with van der Waals surface area (Å²) in [7, 11) is 0. The van der Waals surface area contributed by atoms with Gasteiger partial charge in [0.15, 0.2) is 0 Å². The van der Waals surface area contributed by atoms with Crippen LogP contribution in [-0.4, -0.2) is 6.21 Å². The zero-order chi connectivity index (χ0) is 14.0. The zero-order valence-corrected chi connectivity index (χ0v) is 11.1. The first-order valence-corrected chi connectivity index (χ1v) is 6.32. The highest BCUT2D eigenvalue weighted by Crippen LogP contribution is 2.16. The quantitative estimate of drug-likeness (QED) is 0.463. The fraction of sp³-hybridized carbons (Fsp3) is 0.0556. The highest BCUT2D eigenvalue weighted by Gasteiger charge is 2.08. The van der Waals surface area contributed by atoms with Gasteiger partial charge in [-0.05, 0) is 24.1 Å². The summed E-state index contributed by atoms with van der Waals surface area (Å²) in [5.74, 6) is 6.19. The van der Waals surface area contributed by atoms with Crippen LogP contribution in [-0.2, 0) is 4.84 Å². The Labute approximate surface area is 119 Å². The molecule has 1 unspecified atom stereocenters. The molecule has 1 atom stereocenters. The van der Waals surface area contributed by atoms with E-state index in [-0.39, 0.29) is 0 Å². The van der Waals surface area contributed by atoms with Crippen molar-refractivity contribution in [2.75, 3.05) is 0 Å². The van der Waals surface area contributed by atoms with E-state index < -0.39 is 6.10 Å². The zero-order valence-electron chi connectivity index (χ0n) is 11.1. The first-order chi connectivity index (χ1) is 9.90. The van der Waals surface area contributed by atoms with Gasteiger partial charge in [0.2, 0.25) is 6.10 Å². The molecule has 0 bridgehead atoms. The lowest BCUT2D eigenvalue weighted by Crippen LogP contribution is -1.97. The summed E-state index contributed by atoms with van der Waals surface area (Å²) in [5, 5.41) is 3.83. The molecule has 0 radical (unpaired) electrons. The van der Waals surface area contributed by atoms with Crippen molar-refractivity contribution in [3.8, 4) is 11.8 Å². The Balaban J connectivity index is 2.21. The molecule has 0 spiro atoms. The SMILES string of the molecule is C=C/C=N/OC(C#Cc1ccccc1)c1ccccc1. The Kier molecular flexibility index (Phi) is 5.18. The normalized spacial score (nSPS) is 11.4. The molecule has 0 fully saturated rings. The van der Waals surface area contributed by atoms with Gasteiger partial charge in [-0.15, -0.1) is 0 Å². The number of oxime groups is 1. The van der Waals surface area contributed by atoms with E-state index in [1.165, 1.54) is 6.21 Å². The van der Waals surface area contributed by atoms with E-state index in [1.807, 2.05) is 60.7 Å². The second kappa shape index (κ2) is 7.60. The summed E-state index contributed by atoms with van der Waals surface area (Å²) in [6, 6.07) is 19.6. The molecule has 0 saturated heterocycles. The largest absolute Gasteiger partial charge is 0.374 e. The van der Waals surface area contributed by atoms with Crippen LogP contribution >= 0.6 is 0 Å². The van der Waals surface area contributed by atoms with Gasteiger partial charge in [-0.2, -0.15) is 0 Å². The lowest BCUT2D eigenvalue weighted by molar-refractivity contribution is 0.101. The fourth-order valence-corrected chi connectivity index (χ4v) is 1.61. The van der Waals surface area contributed by atoms with Gasteiger partial charge in [0.25, 0.3) is 0 Å². The Bertz CT molecular complexity index is 621. The molecule has 0 N–H and O–H groups in total. The Morgan fingerprint density at radius 2 is 1.65 bits per heavy atom. The highest BCUT2D eigenvalue weighted by molar-refractivity contribution is 5.69.